The Morgan fingerprint density at radius 2 is 1.93 bits per heavy atom. The Bertz CT molecular complexity index is 1130. The summed E-state index contributed by atoms with van der Waals surface area (Å²) in [4.78, 5) is 31.1. The summed E-state index contributed by atoms with van der Waals surface area (Å²) >= 11 is 1.19. The van der Waals surface area contributed by atoms with Crippen LogP contribution in [0.2, 0.25) is 0 Å². The number of aryl methyl sites for hydroxylation is 1. The third-order valence-corrected chi connectivity index (χ3v) is 5.37. The number of aromatic nitrogens is 3. The molecule has 0 spiro atoms. The van der Waals surface area contributed by atoms with Crippen molar-refractivity contribution in [3.8, 4) is 5.75 Å². The average Bonchev–Trinajstić information content (AvgIpc) is 3.29. The molecule has 1 saturated heterocycles. The minimum atomic E-state index is -0.870. The summed E-state index contributed by atoms with van der Waals surface area (Å²) in [5.41, 5.74) is 0.966. The van der Waals surface area contributed by atoms with Crippen molar-refractivity contribution in [3.05, 3.63) is 70.5 Å². The zero-order chi connectivity index (χ0) is 20.5. The van der Waals surface area contributed by atoms with Crippen molar-refractivity contribution in [1.29, 1.82) is 0 Å². The highest BCUT2D eigenvalue weighted by molar-refractivity contribution is 7.15. The van der Waals surface area contributed by atoms with Crippen molar-refractivity contribution in [2.75, 3.05) is 12.0 Å². The lowest BCUT2D eigenvalue weighted by atomic mass is 9.95. The smallest absolute Gasteiger partial charge is 0.301 e. The maximum Gasteiger partial charge on any atom is 0.301 e. The Kier molecular flexibility index (Phi) is 4.81. The lowest BCUT2D eigenvalue weighted by molar-refractivity contribution is -0.132. The standard InChI is InChI=1S/C20H16N4O4S/c1-11-22-23-20(29-11)24-16(13-4-3-5-14(10-13)28-2)15(18(26)19(24)27)17(25)12-6-8-21-9-7-12/h3-10,16,25H,1-2H3. The van der Waals surface area contributed by atoms with Gasteiger partial charge in [-0.1, -0.05) is 23.5 Å². The summed E-state index contributed by atoms with van der Waals surface area (Å²) in [6.07, 6.45) is 3.00. The number of carbonyl (C=O) groups is 2. The van der Waals surface area contributed by atoms with E-state index in [9.17, 15) is 14.7 Å². The van der Waals surface area contributed by atoms with Crippen molar-refractivity contribution >= 4 is 33.9 Å². The van der Waals surface area contributed by atoms with Gasteiger partial charge >= 0.3 is 5.91 Å². The van der Waals surface area contributed by atoms with Crippen LogP contribution in [0, 0.1) is 6.92 Å². The van der Waals surface area contributed by atoms with Crippen molar-refractivity contribution in [3.63, 3.8) is 0 Å². The van der Waals surface area contributed by atoms with E-state index < -0.39 is 17.7 Å². The first kappa shape index (κ1) is 18.8. The van der Waals surface area contributed by atoms with Crippen LogP contribution in [0.5, 0.6) is 5.75 Å². The molecule has 1 aromatic carbocycles. The number of amides is 1. The molecule has 0 saturated carbocycles. The van der Waals surface area contributed by atoms with Crippen LogP contribution in [0.25, 0.3) is 5.76 Å². The number of hydrogen-bond acceptors (Lipinski definition) is 8. The van der Waals surface area contributed by atoms with E-state index in [0.29, 0.717) is 21.9 Å². The second-order valence-electron chi connectivity index (χ2n) is 6.29. The number of carbonyl (C=O) groups excluding carboxylic acids is 2. The van der Waals surface area contributed by atoms with E-state index in [1.807, 2.05) is 0 Å². The summed E-state index contributed by atoms with van der Waals surface area (Å²) in [7, 11) is 1.53. The molecule has 8 nitrogen and oxygen atoms in total. The van der Waals surface area contributed by atoms with Gasteiger partial charge in [0.25, 0.3) is 5.78 Å². The molecule has 1 amide bonds. The lowest BCUT2D eigenvalue weighted by Gasteiger charge is -2.22. The molecule has 3 aromatic rings. The number of anilines is 1. The normalized spacial score (nSPS) is 18.3. The predicted molar refractivity (Wildman–Crippen MR) is 107 cm³/mol. The Hall–Kier alpha value is -3.59. The molecule has 1 N–H and O–H groups in total. The average molecular weight is 408 g/mol. The van der Waals surface area contributed by atoms with Gasteiger partial charge in [0.15, 0.2) is 0 Å². The SMILES string of the molecule is COc1cccc(C2C(=C(O)c3ccncc3)C(=O)C(=O)N2c2nnc(C)s2)c1. The molecule has 146 valence electrons. The monoisotopic (exact) mass is 408 g/mol. The zero-order valence-corrected chi connectivity index (χ0v) is 16.4. The summed E-state index contributed by atoms with van der Waals surface area (Å²) in [6, 6.07) is 9.27. The largest absolute Gasteiger partial charge is 0.507 e. The van der Waals surface area contributed by atoms with Gasteiger partial charge in [-0.05, 0) is 36.8 Å². The first-order chi connectivity index (χ1) is 14.0. The van der Waals surface area contributed by atoms with Gasteiger partial charge in [0.1, 0.15) is 16.5 Å². The Morgan fingerprint density at radius 1 is 1.17 bits per heavy atom. The molecule has 29 heavy (non-hydrogen) atoms. The third-order valence-electron chi connectivity index (χ3n) is 4.53. The maximum atomic E-state index is 12.9. The molecule has 0 radical (unpaired) electrons. The Morgan fingerprint density at radius 3 is 2.59 bits per heavy atom. The Balaban J connectivity index is 1.95. The van der Waals surface area contributed by atoms with Crippen molar-refractivity contribution < 1.29 is 19.4 Å². The second kappa shape index (κ2) is 7.44. The van der Waals surface area contributed by atoms with Gasteiger partial charge in [-0.25, -0.2) is 0 Å². The minimum absolute atomic E-state index is 0.0256. The second-order valence-corrected chi connectivity index (χ2v) is 7.45. The van der Waals surface area contributed by atoms with Crippen LogP contribution in [0.1, 0.15) is 22.2 Å². The van der Waals surface area contributed by atoms with Gasteiger partial charge in [0.2, 0.25) is 5.13 Å². The van der Waals surface area contributed by atoms with Crippen LogP contribution in [0.3, 0.4) is 0 Å². The van der Waals surface area contributed by atoms with Crippen LogP contribution >= 0.6 is 11.3 Å². The number of ketones is 1. The predicted octanol–water partition coefficient (Wildman–Crippen LogP) is 2.88. The number of ether oxygens (including phenoxy) is 1. The van der Waals surface area contributed by atoms with Gasteiger partial charge in [-0.3, -0.25) is 19.5 Å². The van der Waals surface area contributed by atoms with Gasteiger partial charge in [-0.2, -0.15) is 0 Å². The molecule has 0 aliphatic carbocycles. The molecule has 1 aliphatic rings. The number of methoxy groups -OCH3 is 1. The van der Waals surface area contributed by atoms with Crippen molar-refractivity contribution in [2.24, 2.45) is 0 Å². The number of aliphatic hydroxyl groups excluding tert-OH is 1. The highest BCUT2D eigenvalue weighted by atomic mass is 32.1. The fraction of sp³-hybridized carbons (Fsp3) is 0.150. The van der Waals surface area contributed by atoms with Crippen LogP contribution in [0.15, 0.2) is 54.4 Å². The molecule has 9 heteroatoms. The van der Waals surface area contributed by atoms with Crippen molar-refractivity contribution in [2.45, 2.75) is 13.0 Å². The number of benzene rings is 1. The fourth-order valence-corrected chi connectivity index (χ4v) is 3.92. The van der Waals surface area contributed by atoms with Crippen LogP contribution in [-0.4, -0.2) is 39.1 Å². The molecule has 3 heterocycles. The van der Waals surface area contributed by atoms with E-state index in [4.69, 9.17) is 4.74 Å². The van der Waals surface area contributed by atoms with Crippen LogP contribution in [-0.2, 0) is 9.59 Å². The quantitative estimate of drug-likeness (QED) is 0.402. The minimum Gasteiger partial charge on any atom is -0.507 e. The molecule has 0 bridgehead atoms. The van der Waals surface area contributed by atoms with Gasteiger partial charge < -0.3 is 9.84 Å². The van der Waals surface area contributed by atoms with Gasteiger partial charge in [0.05, 0.1) is 18.7 Å². The molecule has 2 aromatic heterocycles. The molecular formula is C20H16N4O4S. The van der Waals surface area contributed by atoms with E-state index >= 15 is 0 Å². The molecule has 1 atom stereocenters. The number of hydrogen-bond donors (Lipinski definition) is 1. The first-order valence-corrected chi connectivity index (χ1v) is 9.48. The molecule has 4 rings (SSSR count). The molecule has 1 aliphatic heterocycles. The molecular weight excluding hydrogens is 392 g/mol. The first-order valence-electron chi connectivity index (χ1n) is 8.66. The summed E-state index contributed by atoms with van der Waals surface area (Å²) < 4.78 is 5.29. The molecule has 1 unspecified atom stereocenters. The highest BCUT2D eigenvalue weighted by Crippen LogP contribution is 2.43. The van der Waals surface area contributed by atoms with E-state index in [-0.39, 0.29) is 16.5 Å². The summed E-state index contributed by atoms with van der Waals surface area (Å²) in [6.45, 7) is 1.76. The fourth-order valence-electron chi connectivity index (χ4n) is 3.21. The molecule has 1 fully saturated rings. The number of rotatable bonds is 4. The van der Waals surface area contributed by atoms with Crippen LogP contribution < -0.4 is 9.64 Å². The Labute approximate surface area is 170 Å². The topological polar surface area (TPSA) is 106 Å². The third kappa shape index (κ3) is 3.25. The van der Waals surface area contributed by atoms with Gasteiger partial charge in [0, 0.05) is 18.0 Å². The summed E-state index contributed by atoms with van der Waals surface area (Å²) in [5, 5.41) is 19.9. The number of Topliss-reactive ketones (excluding diaryl/α,β-unsaturated/α-hetero) is 1. The highest BCUT2D eigenvalue weighted by Gasteiger charge is 2.48. The zero-order valence-electron chi connectivity index (χ0n) is 15.6. The van der Waals surface area contributed by atoms with E-state index in [2.05, 4.69) is 15.2 Å². The van der Waals surface area contributed by atoms with E-state index in [1.165, 1.54) is 35.7 Å². The number of pyridine rings is 1. The van der Waals surface area contributed by atoms with E-state index in [1.54, 1.807) is 43.3 Å². The maximum absolute atomic E-state index is 12.9. The summed E-state index contributed by atoms with van der Waals surface area (Å²) in [5.74, 6) is -1.28. The lowest BCUT2D eigenvalue weighted by Crippen LogP contribution is -2.29. The van der Waals surface area contributed by atoms with Crippen LogP contribution in [0.4, 0.5) is 5.13 Å². The van der Waals surface area contributed by atoms with Gasteiger partial charge in [-0.15, -0.1) is 10.2 Å². The number of aliphatic hydroxyl groups is 1. The van der Waals surface area contributed by atoms with E-state index in [0.717, 1.165) is 0 Å². The number of nitrogens with zero attached hydrogens (tertiary/aromatic N) is 4. The van der Waals surface area contributed by atoms with Crippen molar-refractivity contribution in [1.82, 2.24) is 15.2 Å².